The molecule has 0 aliphatic rings. The summed E-state index contributed by atoms with van der Waals surface area (Å²) in [6, 6.07) is 13.1. The van der Waals surface area contributed by atoms with Crippen LogP contribution in [0.5, 0.6) is 0 Å². The third-order valence-corrected chi connectivity index (χ3v) is 3.83. The molecule has 0 amide bonds. The van der Waals surface area contributed by atoms with Crippen molar-refractivity contribution in [2.75, 3.05) is 0 Å². The van der Waals surface area contributed by atoms with Crippen LogP contribution < -0.4 is 0 Å². The maximum absolute atomic E-state index is 11.2. The van der Waals surface area contributed by atoms with Crippen molar-refractivity contribution in [2.45, 2.75) is 0 Å². The number of nitrogens with zero attached hydrogens (tertiary/aromatic N) is 2. The van der Waals surface area contributed by atoms with E-state index in [1.165, 1.54) is 0 Å². The normalized spacial score (nSPS) is 10.8. The van der Waals surface area contributed by atoms with Crippen molar-refractivity contribution in [1.82, 2.24) is 9.55 Å². The zero-order chi connectivity index (χ0) is 13.4. The summed E-state index contributed by atoms with van der Waals surface area (Å²) in [4.78, 5) is 15.4. The van der Waals surface area contributed by atoms with Crippen LogP contribution in [0.4, 0.5) is 0 Å². The molecule has 0 radical (unpaired) electrons. The zero-order valence-corrected chi connectivity index (χ0v) is 11.9. The quantitative estimate of drug-likeness (QED) is 0.710. The second-order valence-electron chi connectivity index (χ2n) is 4.04. The number of aromatic carboxylic acids is 1. The molecule has 0 atom stereocenters. The molecule has 1 N–H and O–H groups in total. The first-order chi connectivity index (χ1) is 9.18. The number of hydrogen-bond donors (Lipinski definition) is 1. The van der Waals surface area contributed by atoms with Crippen molar-refractivity contribution in [1.29, 1.82) is 0 Å². The summed E-state index contributed by atoms with van der Waals surface area (Å²) >= 11 is 2.25. The van der Waals surface area contributed by atoms with Gasteiger partial charge in [-0.15, -0.1) is 0 Å². The van der Waals surface area contributed by atoms with Crippen LogP contribution in [0.1, 0.15) is 10.4 Å². The molecule has 0 fully saturated rings. The van der Waals surface area contributed by atoms with Crippen LogP contribution in [0.25, 0.3) is 16.7 Å². The van der Waals surface area contributed by atoms with Crippen molar-refractivity contribution in [2.24, 2.45) is 0 Å². The summed E-state index contributed by atoms with van der Waals surface area (Å²) in [7, 11) is 0. The fourth-order valence-corrected chi connectivity index (χ4v) is 2.70. The molecule has 1 aromatic heterocycles. The summed E-state index contributed by atoms with van der Waals surface area (Å²) in [5.41, 5.74) is 2.52. The molecular weight excluding hydrogens is 355 g/mol. The summed E-state index contributed by atoms with van der Waals surface area (Å²) < 4.78 is 2.99. The van der Waals surface area contributed by atoms with Crippen molar-refractivity contribution < 1.29 is 9.90 Å². The molecule has 0 aliphatic carbocycles. The summed E-state index contributed by atoms with van der Waals surface area (Å²) in [5, 5.41) is 9.17. The Morgan fingerprint density at radius 3 is 2.68 bits per heavy atom. The Morgan fingerprint density at radius 2 is 1.95 bits per heavy atom. The smallest absolute Gasteiger partial charge is 0.337 e. The standard InChI is InChI=1S/C14H9IN2O2/c15-10-5-1-2-6-11(10)17-8-16-13-9(14(18)19)4-3-7-12(13)17/h1-8H,(H,18,19). The van der Waals surface area contributed by atoms with Gasteiger partial charge < -0.3 is 5.11 Å². The van der Waals surface area contributed by atoms with E-state index < -0.39 is 5.97 Å². The lowest BCUT2D eigenvalue weighted by atomic mass is 10.2. The average molecular weight is 364 g/mol. The number of carboxylic acids is 1. The largest absolute Gasteiger partial charge is 0.478 e. The molecule has 2 aromatic carbocycles. The Hall–Kier alpha value is -1.89. The molecule has 0 aliphatic heterocycles. The van der Waals surface area contributed by atoms with Gasteiger partial charge in [0.05, 0.1) is 16.8 Å². The molecular formula is C14H9IN2O2. The van der Waals surface area contributed by atoms with E-state index >= 15 is 0 Å². The van der Waals surface area contributed by atoms with Gasteiger partial charge in [-0.3, -0.25) is 4.57 Å². The van der Waals surface area contributed by atoms with Crippen molar-refractivity contribution in [3.63, 3.8) is 0 Å². The molecule has 0 saturated carbocycles. The van der Waals surface area contributed by atoms with Crippen LogP contribution in [0.3, 0.4) is 0 Å². The van der Waals surface area contributed by atoms with Gasteiger partial charge in [-0.1, -0.05) is 18.2 Å². The average Bonchev–Trinajstić information content (AvgIpc) is 2.82. The Morgan fingerprint density at radius 1 is 1.16 bits per heavy atom. The lowest BCUT2D eigenvalue weighted by Crippen LogP contribution is -1.98. The molecule has 0 saturated heterocycles. The van der Waals surface area contributed by atoms with Gasteiger partial charge in [0.15, 0.2) is 0 Å². The first kappa shape index (κ1) is 12.2. The second kappa shape index (κ2) is 4.65. The number of benzene rings is 2. The highest BCUT2D eigenvalue weighted by Gasteiger charge is 2.13. The van der Waals surface area contributed by atoms with Gasteiger partial charge in [-0.2, -0.15) is 0 Å². The van der Waals surface area contributed by atoms with E-state index in [0.29, 0.717) is 5.52 Å². The maximum Gasteiger partial charge on any atom is 0.337 e. The summed E-state index contributed by atoms with van der Waals surface area (Å²) in [6.45, 7) is 0. The molecule has 3 rings (SSSR count). The topological polar surface area (TPSA) is 55.1 Å². The zero-order valence-electron chi connectivity index (χ0n) is 9.75. The Balaban J connectivity index is 2.31. The van der Waals surface area contributed by atoms with Crippen molar-refractivity contribution in [3.05, 3.63) is 57.9 Å². The number of carboxylic acid groups (broad SMARTS) is 1. The van der Waals surface area contributed by atoms with Gasteiger partial charge >= 0.3 is 5.97 Å². The molecule has 0 unspecified atom stereocenters. The van der Waals surface area contributed by atoms with Crippen LogP contribution in [-0.2, 0) is 0 Å². The van der Waals surface area contributed by atoms with E-state index in [1.54, 1.807) is 18.5 Å². The lowest BCUT2D eigenvalue weighted by Gasteiger charge is -2.06. The minimum Gasteiger partial charge on any atom is -0.478 e. The van der Waals surface area contributed by atoms with Gasteiger partial charge in [-0.05, 0) is 46.9 Å². The number of carbonyl (C=O) groups is 1. The minimum absolute atomic E-state index is 0.224. The fraction of sp³-hybridized carbons (Fsp3) is 0. The SMILES string of the molecule is O=C(O)c1cccc2c1ncn2-c1ccccc1I. The highest BCUT2D eigenvalue weighted by Crippen LogP contribution is 2.24. The predicted octanol–water partition coefficient (Wildman–Crippen LogP) is 3.33. The highest BCUT2D eigenvalue weighted by molar-refractivity contribution is 14.1. The molecule has 5 heteroatoms. The molecule has 4 nitrogen and oxygen atoms in total. The first-order valence-electron chi connectivity index (χ1n) is 5.63. The summed E-state index contributed by atoms with van der Waals surface area (Å²) in [5.74, 6) is -0.960. The summed E-state index contributed by atoms with van der Waals surface area (Å²) in [6.07, 6.45) is 1.66. The van der Waals surface area contributed by atoms with Gasteiger partial charge in [0.2, 0.25) is 0 Å². The predicted molar refractivity (Wildman–Crippen MR) is 80.7 cm³/mol. The third-order valence-electron chi connectivity index (χ3n) is 2.92. The molecule has 94 valence electrons. The van der Waals surface area contributed by atoms with Gasteiger partial charge in [-0.25, -0.2) is 9.78 Å². The van der Waals surface area contributed by atoms with Crippen LogP contribution in [0.2, 0.25) is 0 Å². The number of fused-ring (bicyclic) bond motifs is 1. The monoisotopic (exact) mass is 364 g/mol. The van der Waals surface area contributed by atoms with Gasteiger partial charge in [0, 0.05) is 3.57 Å². The van der Waals surface area contributed by atoms with E-state index in [2.05, 4.69) is 27.6 Å². The van der Waals surface area contributed by atoms with E-state index in [9.17, 15) is 4.79 Å². The molecule has 1 heterocycles. The number of imidazole rings is 1. The fourth-order valence-electron chi connectivity index (χ4n) is 2.05. The molecule has 19 heavy (non-hydrogen) atoms. The van der Waals surface area contributed by atoms with E-state index in [0.717, 1.165) is 14.8 Å². The number of para-hydroxylation sites is 2. The first-order valence-corrected chi connectivity index (χ1v) is 6.70. The molecule has 0 spiro atoms. The second-order valence-corrected chi connectivity index (χ2v) is 5.21. The Labute approximate surface area is 122 Å². The number of aromatic nitrogens is 2. The van der Waals surface area contributed by atoms with Gasteiger partial charge in [0.1, 0.15) is 11.8 Å². The van der Waals surface area contributed by atoms with Crippen molar-refractivity contribution >= 4 is 39.6 Å². The van der Waals surface area contributed by atoms with Crippen LogP contribution in [-0.4, -0.2) is 20.6 Å². The molecule has 3 aromatic rings. The van der Waals surface area contributed by atoms with Gasteiger partial charge in [0.25, 0.3) is 0 Å². The van der Waals surface area contributed by atoms with Crippen LogP contribution in [0.15, 0.2) is 48.8 Å². The van der Waals surface area contributed by atoms with Crippen LogP contribution in [0, 0.1) is 3.57 Å². The highest BCUT2D eigenvalue weighted by atomic mass is 127. The lowest BCUT2D eigenvalue weighted by molar-refractivity contribution is 0.0699. The Kier molecular flexibility index (Phi) is 2.98. The van der Waals surface area contributed by atoms with Crippen molar-refractivity contribution in [3.8, 4) is 5.69 Å². The Bertz CT molecular complexity index is 780. The third kappa shape index (κ3) is 1.99. The number of halogens is 1. The minimum atomic E-state index is -0.960. The molecule has 0 bridgehead atoms. The van der Waals surface area contributed by atoms with E-state index in [1.807, 2.05) is 34.9 Å². The van der Waals surface area contributed by atoms with E-state index in [4.69, 9.17) is 5.11 Å². The van der Waals surface area contributed by atoms with Crippen LogP contribution >= 0.6 is 22.6 Å². The number of rotatable bonds is 2. The number of hydrogen-bond acceptors (Lipinski definition) is 2. The maximum atomic E-state index is 11.2. The van der Waals surface area contributed by atoms with E-state index in [-0.39, 0.29) is 5.56 Å².